The SMILES string of the molecule is CC(=O)N[C@H](CSC/C=C(/C)CC/C=C(\C)CCC=C(C)C)C(=O)O. The number of carboxylic acid groups (broad SMARTS) is 1. The second-order valence-electron chi connectivity index (χ2n) is 6.59. The molecule has 1 atom stereocenters. The average Bonchev–Trinajstić information content (AvgIpc) is 2.49. The normalized spacial score (nSPS) is 13.3. The van der Waals surface area contributed by atoms with Crippen LogP contribution in [0.4, 0.5) is 0 Å². The molecule has 0 saturated heterocycles. The molecule has 1 amide bonds. The molecule has 0 radical (unpaired) electrons. The van der Waals surface area contributed by atoms with Crippen LogP contribution in [0.1, 0.15) is 60.3 Å². The van der Waals surface area contributed by atoms with Crippen LogP contribution in [0.25, 0.3) is 0 Å². The standard InChI is InChI=1S/C20H33NO3S/c1-15(2)8-6-9-16(3)10-7-11-17(4)12-13-25-14-19(20(23)24)21-18(5)22/h8,10,12,19H,6-7,9,11,13-14H2,1-5H3,(H,21,22)(H,23,24)/b16-10+,17-12-/t19-/m1/s1. The Labute approximate surface area is 156 Å². The second kappa shape index (κ2) is 13.8. The smallest absolute Gasteiger partial charge is 0.327 e. The van der Waals surface area contributed by atoms with Crippen LogP contribution >= 0.6 is 11.8 Å². The van der Waals surface area contributed by atoms with Crippen molar-refractivity contribution in [2.45, 2.75) is 66.3 Å². The molecule has 5 heteroatoms. The van der Waals surface area contributed by atoms with E-state index in [1.54, 1.807) is 0 Å². The maximum absolute atomic E-state index is 11.0. The summed E-state index contributed by atoms with van der Waals surface area (Å²) in [5, 5.41) is 11.5. The Morgan fingerprint density at radius 2 is 1.52 bits per heavy atom. The minimum absolute atomic E-state index is 0.313. The van der Waals surface area contributed by atoms with E-state index in [-0.39, 0.29) is 5.91 Å². The number of nitrogens with one attached hydrogen (secondary N) is 1. The van der Waals surface area contributed by atoms with Gasteiger partial charge in [-0.1, -0.05) is 34.9 Å². The van der Waals surface area contributed by atoms with E-state index in [1.807, 2.05) is 0 Å². The highest BCUT2D eigenvalue weighted by molar-refractivity contribution is 7.99. The van der Waals surface area contributed by atoms with Crippen molar-refractivity contribution in [3.8, 4) is 0 Å². The van der Waals surface area contributed by atoms with E-state index in [1.165, 1.54) is 35.4 Å². The predicted octanol–water partition coefficient (Wildman–Crippen LogP) is 4.73. The molecule has 0 bridgehead atoms. The molecule has 25 heavy (non-hydrogen) atoms. The van der Waals surface area contributed by atoms with Crippen molar-refractivity contribution in [2.24, 2.45) is 0 Å². The summed E-state index contributed by atoms with van der Waals surface area (Å²) in [5.41, 5.74) is 4.11. The van der Waals surface area contributed by atoms with Gasteiger partial charge in [0, 0.05) is 18.4 Å². The van der Waals surface area contributed by atoms with Crippen molar-refractivity contribution in [3.63, 3.8) is 0 Å². The number of allylic oxidation sites excluding steroid dienone is 5. The summed E-state index contributed by atoms with van der Waals surface area (Å²) in [5.74, 6) is -0.163. The predicted molar refractivity (Wildman–Crippen MR) is 108 cm³/mol. The molecule has 0 rings (SSSR count). The van der Waals surface area contributed by atoms with Crippen molar-refractivity contribution in [1.82, 2.24) is 5.32 Å². The van der Waals surface area contributed by atoms with E-state index in [9.17, 15) is 9.59 Å². The number of hydrogen-bond acceptors (Lipinski definition) is 3. The van der Waals surface area contributed by atoms with Gasteiger partial charge in [-0.15, -0.1) is 0 Å². The highest BCUT2D eigenvalue weighted by Gasteiger charge is 2.17. The first-order valence-corrected chi connectivity index (χ1v) is 9.90. The third-order valence-electron chi connectivity index (χ3n) is 3.63. The van der Waals surface area contributed by atoms with Gasteiger partial charge in [0.15, 0.2) is 0 Å². The number of rotatable bonds is 12. The van der Waals surface area contributed by atoms with E-state index < -0.39 is 12.0 Å². The fourth-order valence-corrected chi connectivity index (χ4v) is 3.15. The van der Waals surface area contributed by atoms with Crippen LogP contribution in [-0.4, -0.2) is 34.5 Å². The van der Waals surface area contributed by atoms with Crippen molar-refractivity contribution >= 4 is 23.6 Å². The first kappa shape index (κ1) is 23.5. The molecule has 4 nitrogen and oxygen atoms in total. The van der Waals surface area contributed by atoms with Crippen molar-refractivity contribution in [1.29, 1.82) is 0 Å². The largest absolute Gasteiger partial charge is 0.480 e. The lowest BCUT2D eigenvalue weighted by Crippen LogP contribution is -2.41. The number of aliphatic carboxylic acids is 1. The average molecular weight is 368 g/mol. The van der Waals surface area contributed by atoms with Crippen molar-refractivity contribution in [2.75, 3.05) is 11.5 Å². The molecule has 0 fully saturated rings. The molecule has 0 saturated carbocycles. The third-order valence-corrected chi connectivity index (χ3v) is 4.60. The minimum atomic E-state index is -0.989. The number of carbonyl (C=O) groups is 2. The summed E-state index contributed by atoms with van der Waals surface area (Å²) < 4.78 is 0. The van der Waals surface area contributed by atoms with Gasteiger partial charge in [-0.2, -0.15) is 11.8 Å². The van der Waals surface area contributed by atoms with Gasteiger partial charge in [0.1, 0.15) is 6.04 Å². The molecule has 142 valence electrons. The number of amides is 1. The number of thioether (sulfide) groups is 1. The molecule has 0 aromatic rings. The maximum Gasteiger partial charge on any atom is 0.327 e. The summed E-state index contributed by atoms with van der Waals surface area (Å²) in [7, 11) is 0. The maximum atomic E-state index is 11.0. The first-order chi connectivity index (χ1) is 11.7. The van der Waals surface area contributed by atoms with Crippen LogP contribution in [0, 0.1) is 0 Å². The molecular formula is C20H33NO3S. The number of carboxylic acids is 1. The van der Waals surface area contributed by atoms with Gasteiger partial charge in [-0.05, 0) is 53.4 Å². The molecule has 0 aliphatic heterocycles. The fourth-order valence-electron chi connectivity index (χ4n) is 2.15. The highest BCUT2D eigenvalue weighted by Crippen LogP contribution is 2.13. The van der Waals surface area contributed by atoms with Crippen LogP contribution in [0.3, 0.4) is 0 Å². The molecule has 0 aromatic carbocycles. The number of hydrogen-bond donors (Lipinski definition) is 2. The van der Waals surface area contributed by atoms with Gasteiger partial charge in [0.25, 0.3) is 0 Å². The van der Waals surface area contributed by atoms with Gasteiger partial charge < -0.3 is 10.4 Å². The van der Waals surface area contributed by atoms with E-state index in [2.05, 4.69) is 51.2 Å². The van der Waals surface area contributed by atoms with Crippen LogP contribution < -0.4 is 5.32 Å². The molecule has 0 aromatic heterocycles. The van der Waals surface area contributed by atoms with E-state index >= 15 is 0 Å². The lowest BCUT2D eigenvalue weighted by Gasteiger charge is -2.12. The van der Waals surface area contributed by atoms with Crippen LogP contribution in [0.15, 0.2) is 34.9 Å². The summed E-state index contributed by atoms with van der Waals surface area (Å²) in [6.07, 6.45) is 11.0. The van der Waals surface area contributed by atoms with Gasteiger partial charge in [-0.3, -0.25) is 4.79 Å². The van der Waals surface area contributed by atoms with Gasteiger partial charge in [0.2, 0.25) is 5.91 Å². The lowest BCUT2D eigenvalue weighted by atomic mass is 10.1. The summed E-state index contributed by atoms with van der Waals surface area (Å²) in [4.78, 5) is 22.0. The van der Waals surface area contributed by atoms with E-state index in [0.29, 0.717) is 5.75 Å². The molecular weight excluding hydrogens is 334 g/mol. The zero-order valence-corrected chi connectivity index (χ0v) is 17.0. The molecule has 2 N–H and O–H groups in total. The second-order valence-corrected chi connectivity index (χ2v) is 7.66. The quantitative estimate of drug-likeness (QED) is 0.387. The summed E-state index contributed by atoms with van der Waals surface area (Å²) >= 11 is 1.52. The highest BCUT2D eigenvalue weighted by atomic mass is 32.2. The Balaban J connectivity index is 4.07. The Morgan fingerprint density at radius 3 is 2.04 bits per heavy atom. The minimum Gasteiger partial charge on any atom is -0.480 e. The number of carbonyl (C=O) groups excluding carboxylic acids is 1. The third kappa shape index (κ3) is 14.6. The van der Waals surface area contributed by atoms with E-state index in [4.69, 9.17) is 5.11 Å². The molecule has 0 unspecified atom stereocenters. The molecule has 0 aliphatic rings. The van der Waals surface area contributed by atoms with Crippen molar-refractivity contribution < 1.29 is 14.7 Å². The summed E-state index contributed by atoms with van der Waals surface area (Å²) in [6.45, 7) is 9.87. The Kier molecular flexibility index (Phi) is 12.9. The van der Waals surface area contributed by atoms with E-state index in [0.717, 1.165) is 31.4 Å². The van der Waals surface area contributed by atoms with Crippen LogP contribution in [0.5, 0.6) is 0 Å². The Hall–Kier alpha value is -1.49. The fraction of sp³-hybridized carbons (Fsp3) is 0.600. The lowest BCUT2D eigenvalue weighted by molar-refractivity contribution is -0.140. The molecule has 0 heterocycles. The zero-order valence-electron chi connectivity index (χ0n) is 16.2. The van der Waals surface area contributed by atoms with Gasteiger partial charge in [0.05, 0.1) is 0 Å². The topological polar surface area (TPSA) is 66.4 Å². The van der Waals surface area contributed by atoms with Gasteiger partial charge in [-0.25, -0.2) is 4.79 Å². The van der Waals surface area contributed by atoms with Gasteiger partial charge >= 0.3 is 5.97 Å². The summed E-state index contributed by atoms with van der Waals surface area (Å²) in [6, 6.07) is -0.817. The monoisotopic (exact) mass is 367 g/mol. The van der Waals surface area contributed by atoms with Crippen molar-refractivity contribution in [3.05, 3.63) is 34.9 Å². The zero-order chi connectivity index (χ0) is 19.2. The Morgan fingerprint density at radius 1 is 0.960 bits per heavy atom. The van der Waals surface area contributed by atoms with Crippen LogP contribution in [0.2, 0.25) is 0 Å². The molecule has 0 spiro atoms. The Bertz CT molecular complexity index is 517. The van der Waals surface area contributed by atoms with Crippen LogP contribution in [-0.2, 0) is 9.59 Å². The molecule has 0 aliphatic carbocycles. The first-order valence-electron chi connectivity index (χ1n) is 8.74.